The van der Waals surface area contributed by atoms with Crippen LogP contribution in [0.5, 0.6) is 0 Å². The average molecular weight is 191 g/mol. The predicted octanol–water partition coefficient (Wildman–Crippen LogP) is 0.277. The zero-order valence-electron chi connectivity index (χ0n) is 8.11. The predicted molar refractivity (Wildman–Crippen MR) is 56.2 cm³/mol. The summed E-state index contributed by atoms with van der Waals surface area (Å²) in [6, 6.07) is 8.04. The van der Waals surface area contributed by atoms with Gasteiger partial charge >= 0.3 is 7.12 Å². The molecule has 0 saturated carbocycles. The second-order valence-electron chi connectivity index (χ2n) is 3.38. The first-order chi connectivity index (χ1) is 6.90. The number of hydrogen-bond acceptors (Lipinski definition) is 3. The molecule has 1 heterocycles. The molecule has 1 aromatic rings. The lowest BCUT2D eigenvalue weighted by atomic mass is 9.77. The lowest BCUT2D eigenvalue weighted by Crippen LogP contribution is -2.41. The molecule has 2 rings (SSSR count). The number of nitrogens with two attached hydrogens (primary N) is 1. The molecule has 0 aliphatic carbocycles. The summed E-state index contributed by atoms with van der Waals surface area (Å²) in [5.41, 5.74) is 7.74. The highest BCUT2D eigenvalue weighted by Crippen LogP contribution is 2.03. The molecule has 0 spiro atoms. The third-order valence-corrected chi connectivity index (χ3v) is 2.29. The van der Waals surface area contributed by atoms with Gasteiger partial charge < -0.3 is 15.0 Å². The van der Waals surface area contributed by atoms with Crippen LogP contribution >= 0.6 is 0 Å². The van der Waals surface area contributed by atoms with Crippen molar-refractivity contribution >= 4 is 12.6 Å². The Labute approximate surface area is 84.3 Å². The van der Waals surface area contributed by atoms with Crippen molar-refractivity contribution in [1.29, 1.82) is 0 Å². The maximum absolute atomic E-state index is 5.57. The molecule has 0 unspecified atom stereocenters. The van der Waals surface area contributed by atoms with Gasteiger partial charge in [-0.1, -0.05) is 24.3 Å². The van der Waals surface area contributed by atoms with E-state index in [4.69, 9.17) is 15.0 Å². The Bertz CT molecular complexity index is 300. The van der Waals surface area contributed by atoms with E-state index in [-0.39, 0.29) is 7.12 Å². The van der Waals surface area contributed by atoms with Crippen molar-refractivity contribution in [2.24, 2.45) is 5.73 Å². The van der Waals surface area contributed by atoms with Gasteiger partial charge in [0.2, 0.25) is 0 Å². The molecule has 74 valence electrons. The van der Waals surface area contributed by atoms with Gasteiger partial charge in [0.15, 0.2) is 0 Å². The third kappa shape index (κ3) is 2.15. The summed E-state index contributed by atoms with van der Waals surface area (Å²) < 4.78 is 11.0. The Morgan fingerprint density at radius 1 is 1.29 bits per heavy atom. The molecular weight excluding hydrogens is 177 g/mol. The lowest BCUT2D eigenvalue weighted by molar-refractivity contribution is 0.143. The van der Waals surface area contributed by atoms with Crippen LogP contribution in [0.4, 0.5) is 0 Å². The minimum atomic E-state index is -0.199. The molecular formula is C10H14BNO2. The van der Waals surface area contributed by atoms with Crippen LogP contribution < -0.4 is 11.2 Å². The van der Waals surface area contributed by atoms with E-state index in [1.54, 1.807) is 0 Å². The van der Waals surface area contributed by atoms with Crippen LogP contribution in [0.3, 0.4) is 0 Å². The van der Waals surface area contributed by atoms with Crippen molar-refractivity contribution in [3.63, 3.8) is 0 Å². The second kappa shape index (κ2) is 4.60. The van der Waals surface area contributed by atoms with E-state index in [0.29, 0.717) is 6.54 Å². The molecule has 0 amide bonds. The Hall–Kier alpha value is -0.835. The van der Waals surface area contributed by atoms with Crippen LogP contribution in [0.1, 0.15) is 12.0 Å². The fourth-order valence-corrected chi connectivity index (χ4v) is 1.55. The number of benzene rings is 1. The summed E-state index contributed by atoms with van der Waals surface area (Å²) in [4.78, 5) is 0. The van der Waals surface area contributed by atoms with Crippen molar-refractivity contribution in [3.8, 4) is 0 Å². The fraction of sp³-hybridized carbons (Fsp3) is 0.400. The SMILES string of the molecule is NCc1cccc(B2OCCCO2)c1. The van der Waals surface area contributed by atoms with Gasteiger partial charge in [-0.25, -0.2) is 0 Å². The molecule has 4 heteroatoms. The van der Waals surface area contributed by atoms with Crippen LogP contribution in [-0.2, 0) is 15.9 Å². The van der Waals surface area contributed by atoms with Gasteiger partial charge in [-0.05, 0) is 17.4 Å². The summed E-state index contributed by atoms with van der Waals surface area (Å²) in [5.74, 6) is 0. The van der Waals surface area contributed by atoms with Gasteiger partial charge in [0.1, 0.15) is 0 Å². The van der Waals surface area contributed by atoms with E-state index in [1.807, 2.05) is 24.3 Å². The molecule has 1 aliphatic heterocycles. The summed E-state index contributed by atoms with van der Waals surface area (Å²) in [5, 5.41) is 0. The van der Waals surface area contributed by atoms with Gasteiger partial charge in [-0.3, -0.25) is 0 Å². The van der Waals surface area contributed by atoms with Gasteiger partial charge in [-0.2, -0.15) is 0 Å². The van der Waals surface area contributed by atoms with Crippen LogP contribution in [0.25, 0.3) is 0 Å². The summed E-state index contributed by atoms with van der Waals surface area (Å²) in [7, 11) is -0.199. The molecule has 3 nitrogen and oxygen atoms in total. The van der Waals surface area contributed by atoms with Crippen LogP contribution in [0, 0.1) is 0 Å². The minimum Gasteiger partial charge on any atom is -0.407 e. The maximum atomic E-state index is 5.57. The number of rotatable bonds is 2. The maximum Gasteiger partial charge on any atom is 0.493 e. The summed E-state index contributed by atoms with van der Waals surface area (Å²) in [6.45, 7) is 2.11. The van der Waals surface area contributed by atoms with Crippen molar-refractivity contribution < 1.29 is 9.31 Å². The van der Waals surface area contributed by atoms with Crippen molar-refractivity contribution in [1.82, 2.24) is 0 Å². The molecule has 1 aliphatic rings. The van der Waals surface area contributed by atoms with Crippen LogP contribution in [0.15, 0.2) is 24.3 Å². The van der Waals surface area contributed by atoms with Gasteiger partial charge in [0.25, 0.3) is 0 Å². The lowest BCUT2D eigenvalue weighted by Gasteiger charge is -2.20. The van der Waals surface area contributed by atoms with Crippen LogP contribution in [0.2, 0.25) is 0 Å². The molecule has 1 fully saturated rings. The molecule has 1 aromatic carbocycles. The van der Waals surface area contributed by atoms with Crippen molar-refractivity contribution in [2.75, 3.05) is 13.2 Å². The van der Waals surface area contributed by atoms with Gasteiger partial charge in [-0.15, -0.1) is 0 Å². The summed E-state index contributed by atoms with van der Waals surface area (Å²) >= 11 is 0. The highest BCUT2D eigenvalue weighted by molar-refractivity contribution is 6.61. The Morgan fingerprint density at radius 2 is 2.07 bits per heavy atom. The largest absolute Gasteiger partial charge is 0.493 e. The van der Waals surface area contributed by atoms with E-state index >= 15 is 0 Å². The standard InChI is InChI=1S/C10H14BNO2/c12-8-9-3-1-4-10(7-9)11-13-5-2-6-14-11/h1,3-4,7H,2,5-6,8,12H2. The average Bonchev–Trinajstić information content (AvgIpc) is 2.30. The highest BCUT2D eigenvalue weighted by atomic mass is 16.6. The van der Waals surface area contributed by atoms with Gasteiger partial charge in [0.05, 0.1) is 0 Å². The zero-order valence-corrected chi connectivity index (χ0v) is 8.11. The first-order valence-electron chi connectivity index (χ1n) is 4.92. The molecule has 1 saturated heterocycles. The smallest absolute Gasteiger partial charge is 0.407 e. The minimum absolute atomic E-state index is 0.199. The van der Waals surface area contributed by atoms with E-state index in [0.717, 1.165) is 30.7 Å². The normalized spacial score (nSPS) is 17.1. The molecule has 2 N–H and O–H groups in total. The van der Waals surface area contributed by atoms with Crippen molar-refractivity contribution in [3.05, 3.63) is 29.8 Å². The van der Waals surface area contributed by atoms with Crippen LogP contribution in [-0.4, -0.2) is 20.3 Å². The number of hydrogen-bond donors (Lipinski definition) is 1. The zero-order chi connectivity index (χ0) is 9.80. The highest BCUT2D eigenvalue weighted by Gasteiger charge is 2.24. The molecule has 0 bridgehead atoms. The third-order valence-electron chi connectivity index (χ3n) is 2.29. The van der Waals surface area contributed by atoms with E-state index in [1.165, 1.54) is 0 Å². The van der Waals surface area contributed by atoms with E-state index in [9.17, 15) is 0 Å². The molecule has 0 atom stereocenters. The fourth-order valence-electron chi connectivity index (χ4n) is 1.55. The Kier molecular flexibility index (Phi) is 3.19. The first kappa shape index (κ1) is 9.71. The molecule has 14 heavy (non-hydrogen) atoms. The summed E-state index contributed by atoms with van der Waals surface area (Å²) in [6.07, 6.45) is 0.979. The second-order valence-corrected chi connectivity index (χ2v) is 3.38. The molecule has 0 aromatic heterocycles. The topological polar surface area (TPSA) is 44.5 Å². The molecule has 0 radical (unpaired) electrons. The van der Waals surface area contributed by atoms with E-state index < -0.39 is 0 Å². The Morgan fingerprint density at radius 3 is 2.79 bits per heavy atom. The first-order valence-corrected chi connectivity index (χ1v) is 4.92. The quantitative estimate of drug-likeness (QED) is 0.682. The van der Waals surface area contributed by atoms with Crippen molar-refractivity contribution in [2.45, 2.75) is 13.0 Å². The van der Waals surface area contributed by atoms with E-state index in [2.05, 4.69) is 0 Å². The monoisotopic (exact) mass is 191 g/mol. The Balaban J connectivity index is 2.13. The van der Waals surface area contributed by atoms with Gasteiger partial charge in [0, 0.05) is 19.8 Å².